The zero-order valence-corrected chi connectivity index (χ0v) is 11.5. The Hall–Kier alpha value is -0.630. The largest absolute Gasteiger partial charge is 0.261 e. The Kier molecular flexibility index (Phi) is 7.15. The third-order valence-electron chi connectivity index (χ3n) is 2.50. The number of unbranched alkanes of at least 4 members (excludes halogenated alkanes) is 5. The van der Waals surface area contributed by atoms with Crippen LogP contribution in [0.25, 0.3) is 0 Å². The van der Waals surface area contributed by atoms with Gasteiger partial charge in [-0.05, 0) is 37.1 Å². The summed E-state index contributed by atoms with van der Waals surface area (Å²) in [4.78, 5) is 4.42. The van der Waals surface area contributed by atoms with Crippen LogP contribution in [0.4, 0.5) is 5.69 Å². The second kappa shape index (κ2) is 8.51. The van der Waals surface area contributed by atoms with E-state index in [1.807, 2.05) is 30.5 Å². The average Bonchev–Trinajstić information content (AvgIpc) is 2.30. The van der Waals surface area contributed by atoms with Gasteiger partial charge in [0.25, 0.3) is 0 Å². The van der Waals surface area contributed by atoms with Crippen LogP contribution in [0.3, 0.4) is 0 Å². The summed E-state index contributed by atoms with van der Waals surface area (Å²) in [7, 11) is 0. The van der Waals surface area contributed by atoms with Gasteiger partial charge in [-0.15, -0.1) is 0 Å². The SMILES string of the molecule is CCCCCCCC=Nc1ccc(Br)cc1. The van der Waals surface area contributed by atoms with Gasteiger partial charge in [-0.1, -0.05) is 48.5 Å². The summed E-state index contributed by atoms with van der Waals surface area (Å²) in [6.07, 6.45) is 9.77. The van der Waals surface area contributed by atoms with Crippen LogP contribution in [-0.2, 0) is 0 Å². The van der Waals surface area contributed by atoms with Crippen molar-refractivity contribution < 1.29 is 0 Å². The number of rotatable bonds is 7. The molecule has 0 aromatic heterocycles. The first kappa shape index (κ1) is 13.4. The van der Waals surface area contributed by atoms with Gasteiger partial charge in [0.1, 0.15) is 0 Å². The Morgan fingerprint density at radius 2 is 1.75 bits per heavy atom. The lowest BCUT2D eigenvalue weighted by atomic mass is 10.1. The van der Waals surface area contributed by atoms with Gasteiger partial charge in [-0.2, -0.15) is 0 Å². The Morgan fingerprint density at radius 3 is 2.44 bits per heavy atom. The molecule has 0 N–H and O–H groups in total. The number of nitrogens with zero attached hydrogens (tertiary/aromatic N) is 1. The smallest absolute Gasteiger partial charge is 0.0626 e. The minimum absolute atomic E-state index is 1.04. The highest BCUT2D eigenvalue weighted by molar-refractivity contribution is 9.10. The Balaban J connectivity index is 2.14. The fourth-order valence-electron chi connectivity index (χ4n) is 1.54. The van der Waals surface area contributed by atoms with Crippen molar-refractivity contribution >= 4 is 27.8 Å². The molecule has 0 radical (unpaired) electrons. The van der Waals surface area contributed by atoms with Crippen LogP contribution in [-0.4, -0.2) is 6.21 Å². The second-order valence-electron chi connectivity index (χ2n) is 3.99. The van der Waals surface area contributed by atoms with E-state index in [2.05, 4.69) is 27.8 Å². The molecule has 1 aromatic rings. The van der Waals surface area contributed by atoms with Gasteiger partial charge in [0.05, 0.1) is 5.69 Å². The van der Waals surface area contributed by atoms with Gasteiger partial charge in [-0.3, -0.25) is 4.99 Å². The van der Waals surface area contributed by atoms with Crippen molar-refractivity contribution in [2.45, 2.75) is 45.4 Å². The molecule has 2 heteroatoms. The predicted molar refractivity (Wildman–Crippen MR) is 75.7 cm³/mol. The first-order chi connectivity index (χ1) is 7.83. The zero-order chi connectivity index (χ0) is 11.6. The van der Waals surface area contributed by atoms with Crippen LogP contribution in [0, 0.1) is 0 Å². The van der Waals surface area contributed by atoms with Gasteiger partial charge in [0.15, 0.2) is 0 Å². The number of halogens is 1. The molecule has 0 aliphatic carbocycles. The topological polar surface area (TPSA) is 12.4 Å². The average molecular weight is 282 g/mol. The molecule has 1 aromatic carbocycles. The summed E-state index contributed by atoms with van der Waals surface area (Å²) < 4.78 is 1.10. The molecule has 16 heavy (non-hydrogen) atoms. The minimum atomic E-state index is 1.04. The Labute approximate surface area is 107 Å². The standard InChI is InChI=1S/C14H20BrN/c1-2-3-4-5-6-7-12-16-14-10-8-13(15)9-11-14/h8-12H,2-7H2,1H3. The van der Waals surface area contributed by atoms with Crippen LogP contribution < -0.4 is 0 Å². The maximum atomic E-state index is 4.42. The number of hydrogen-bond acceptors (Lipinski definition) is 1. The van der Waals surface area contributed by atoms with E-state index in [1.165, 1.54) is 32.1 Å². The molecule has 0 bridgehead atoms. The molecular weight excluding hydrogens is 262 g/mol. The molecule has 0 spiro atoms. The highest BCUT2D eigenvalue weighted by atomic mass is 79.9. The summed E-state index contributed by atoms with van der Waals surface area (Å²) in [6, 6.07) is 8.09. The third-order valence-corrected chi connectivity index (χ3v) is 3.03. The Morgan fingerprint density at radius 1 is 1.06 bits per heavy atom. The van der Waals surface area contributed by atoms with Crippen molar-refractivity contribution in [1.29, 1.82) is 0 Å². The molecule has 0 saturated heterocycles. The van der Waals surface area contributed by atoms with Crippen molar-refractivity contribution in [3.63, 3.8) is 0 Å². The van der Waals surface area contributed by atoms with E-state index < -0.39 is 0 Å². The summed E-state index contributed by atoms with van der Waals surface area (Å²) in [5.74, 6) is 0. The highest BCUT2D eigenvalue weighted by Crippen LogP contribution is 2.16. The molecule has 0 aliphatic heterocycles. The van der Waals surface area contributed by atoms with E-state index in [1.54, 1.807) is 0 Å². The maximum Gasteiger partial charge on any atom is 0.0626 e. The van der Waals surface area contributed by atoms with Crippen molar-refractivity contribution in [3.05, 3.63) is 28.7 Å². The number of hydrogen-bond donors (Lipinski definition) is 0. The molecule has 0 aliphatic rings. The zero-order valence-electron chi connectivity index (χ0n) is 9.95. The van der Waals surface area contributed by atoms with Crippen molar-refractivity contribution in [1.82, 2.24) is 0 Å². The molecule has 1 nitrogen and oxygen atoms in total. The molecule has 0 atom stereocenters. The number of aliphatic imine (C=N–C) groups is 1. The lowest BCUT2D eigenvalue weighted by molar-refractivity contribution is 0.645. The minimum Gasteiger partial charge on any atom is -0.261 e. The summed E-state index contributed by atoms with van der Waals surface area (Å²) >= 11 is 3.41. The van der Waals surface area contributed by atoms with Crippen molar-refractivity contribution in [3.8, 4) is 0 Å². The molecule has 1 rings (SSSR count). The molecule has 0 amide bonds. The summed E-state index contributed by atoms with van der Waals surface area (Å²) in [5, 5.41) is 0. The highest BCUT2D eigenvalue weighted by Gasteiger charge is 1.89. The third kappa shape index (κ3) is 6.06. The van der Waals surface area contributed by atoms with Gasteiger partial charge in [0, 0.05) is 10.7 Å². The molecule has 0 heterocycles. The fourth-order valence-corrected chi connectivity index (χ4v) is 1.80. The summed E-state index contributed by atoms with van der Waals surface area (Å²) in [6.45, 7) is 2.25. The maximum absolute atomic E-state index is 4.42. The first-order valence-electron chi connectivity index (χ1n) is 6.11. The monoisotopic (exact) mass is 281 g/mol. The van der Waals surface area contributed by atoms with Gasteiger partial charge < -0.3 is 0 Å². The Bertz CT molecular complexity index is 303. The molecular formula is C14H20BrN. The van der Waals surface area contributed by atoms with E-state index in [0.717, 1.165) is 16.6 Å². The van der Waals surface area contributed by atoms with E-state index in [9.17, 15) is 0 Å². The van der Waals surface area contributed by atoms with Crippen LogP contribution in [0.2, 0.25) is 0 Å². The van der Waals surface area contributed by atoms with E-state index in [4.69, 9.17) is 0 Å². The molecule has 0 unspecified atom stereocenters. The van der Waals surface area contributed by atoms with Gasteiger partial charge in [0.2, 0.25) is 0 Å². The lowest BCUT2D eigenvalue weighted by Crippen LogP contribution is -1.79. The van der Waals surface area contributed by atoms with Crippen LogP contribution in [0.15, 0.2) is 33.7 Å². The van der Waals surface area contributed by atoms with Crippen molar-refractivity contribution in [2.75, 3.05) is 0 Å². The predicted octanol–water partition coefficient (Wildman–Crippen LogP) is 5.51. The van der Waals surface area contributed by atoms with Crippen LogP contribution in [0.5, 0.6) is 0 Å². The molecule has 0 saturated carbocycles. The van der Waals surface area contributed by atoms with Gasteiger partial charge in [-0.25, -0.2) is 0 Å². The number of benzene rings is 1. The summed E-state index contributed by atoms with van der Waals surface area (Å²) in [5.41, 5.74) is 1.04. The molecule has 0 fully saturated rings. The second-order valence-corrected chi connectivity index (χ2v) is 4.91. The first-order valence-corrected chi connectivity index (χ1v) is 6.90. The van der Waals surface area contributed by atoms with E-state index in [0.29, 0.717) is 0 Å². The van der Waals surface area contributed by atoms with Crippen LogP contribution >= 0.6 is 15.9 Å². The quantitative estimate of drug-likeness (QED) is 0.461. The normalized spacial score (nSPS) is 11.1. The van der Waals surface area contributed by atoms with E-state index >= 15 is 0 Å². The molecule has 88 valence electrons. The lowest BCUT2D eigenvalue weighted by Gasteiger charge is -1.96. The van der Waals surface area contributed by atoms with Crippen LogP contribution in [0.1, 0.15) is 45.4 Å². The fraction of sp³-hybridized carbons (Fsp3) is 0.500. The van der Waals surface area contributed by atoms with Crippen molar-refractivity contribution in [2.24, 2.45) is 4.99 Å². The van der Waals surface area contributed by atoms with E-state index in [-0.39, 0.29) is 0 Å². The van der Waals surface area contributed by atoms with Gasteiger partial charge >= 0.3 is 0 Å².